The monoisotopic (exact) mass is 462 g/mol. The van der Waals surface area contributed by atoms with E-state index < -0.39 is 0 Å². The fraction of sp³-hybridized carbons (Fsp3) is 0.412. The van der Waals surface area contributed by atoms with Gasteiger partial charge in [-0.15, -0.1) is 35.3 Å². The summed E-state index contributed by atoms with van der Waals surface area (Å²) in [7, 11) is 1.75. The summed E-state index contributed by atoms with van der Waals surface area (Å²) in [5.41, 5.74) is 3.20. The molecule has 132 valence electrons. The topological polar surface area (TPSA) is 49.3 Å². The third-order valence-electron chi connectivity index (χ3n) is 3.69. The highest BCUT2D eigenvalue weighted by atomic mass is 127. The molecule has 2 N–H and O–H groups in total. The van der Waals surface area contributed by atoms with Crippen LogP contribution >= 0.6 is 35.3 Å². The number of guanidine groups is 1. The molecule has 7 heteroatoms. The van der Waals surface area contributed by atoms with Crippen LogP contribution in [0.3, 0.4) is 0 Å². The van der Waals surface area contributed by atoms with E-state index in [-0.39, 0.29) is 29.8 Å². The lowest BCUT2D eigenvalue weighted by Gasteiger charge is -2.12. The number of aromatic nitrogens is 1. The highest BCUT2D eigenvalue weighted by molar-refractivity contribution is 14.0. The standard InChI is InChI=1S/C17H23FN4S.HI/c1-11-9-15(18)6-5-14(11)7-8-20-17(19-4)21-10-16-22-12(2)13(3)23-16;/h5-6,9H,7-8,10H2,1-4H3,(H2,19,20,21);1H. The van der Waals surface area contributed by atoms with Gasteiger partial charge in [-0.05, 0) is 50.5 Å². The SMILES string of the molecule is CN=C(NCCc1ccc(F)cc1C)NCc1nc(C)c(C)s1.I. The summed E-state index contributed by atoms with van der Waals surface area (Å²) in [5, 5.41) is 7.59. The van der Waals surface area contributed by atoms with Crippen molar-refractivity contribution < 1.29 is 4.39 Å². The van der Waals surface area contributed by atoms with Gasteiger partial charge in [0.2, 0.25) is 0 Å². The summed E-state index contributed by atoms with van der Waals surface area (Å²) in [6.07, 6.45) is 0.822. The second kappa shape index (κ2) is 9.93. The Labute approximate surface area is 164 Å². The number of thiazole rings is 1. The Morgan fingerprint density at radius 2 is 2.00 bits per heavy atom. The molecular weight excluding hydrogens is 438 g/mol. The van der Waals surface area contributed by atoms with Crippen molar-refractivity contribution in [1.29, 1.82) is 0 Å². The molecule has 0 amide bonds. The lowest BCUT2D eigenvalue weighted by atomic mass is 10.1. The normalized spacial score (nSPS) is 11.1. The third-order valence-corrected chi connectivity index (χ3v) is 4.77. The van der Waals surface area contributed by atoms with Crippen LogP contribution in [0.15, 0.2) is 23.2 Å². The maximum Gasteiger partial charge on any atom is 0.191 e. The van der Waals surface area contributed by atoms with Crippen LogP contribution in [-0.2, 0) is 13.0 Å². The number of rotatable bonds is 5. The number of halogens is 2. The summed E-state index contributed by atoms with van der Waals surface area (Å²) in [6.45, 7) is 7.43. The molecule has 4 nitrogen and oxygen atoms in total. The molecule has 1 aromatic carbocycles. The molecule has 24 heavy (non-hydrogen) atoms. The Bertz CT molecular complexity index is 680. The molecule has 0 radical (unpaired) electrons. The number of aryl methyl sites for hydroxylation is 3. The van der Waals surface area contributed by atoms with E-state index in [0.717, 1.165) is 40.8 Å². The average Bonchev–Trinajstić information content (AvgIpc) is 2.83. The van der Waals surface area contributed by atoms with Crippen molar-refractivity contribution in [2.24, 2.45) is 4.99 Å². The van der Waals surface area contributed by atoms with Crippen molar-refractivity contribution in [3.63, 3.8) is 0 Å². The van der Waals surface area contributed by atoms with Crippen LogP contribution in [0.5, 0.6) is 0 Å². The Morgan fingerprint density at radius 3 is 2.58 bits per heavy atom. The number of hydrogen-bond donors (Lipinski definition) is 2. The average molecular weight is 462 g/mol. The number of nitrogens with one attached hydrogen (secondary N) is 2. The van der Waals surface area contributed by atoms with E-state index in [1.165, 1.54) is 10.9 Å². The van der Waals surface area contributed by atoms with E-state index in [2.05, 4.69) is 27.5 Å². The molecule has 0 spiro atoms. The van der Waals surface area contributed by atoms with Crippen molar-refractivity contribution >= 4 is 41.3 Å². The molecule has 0 bridgehead atoms. The summed E-state index contributed by atoms with van der Waals surface area (Å²) in [6, 6.07) is 4.90. The molecule has 0 fully saturated rings. The largest absolute Gasteiger partial charge is 0.356 e. The van der Waals surface area contributed by atoms with Crippen molar-refractivity contribution in [1.82, 2.24) is 15.6 Å². The minimum absolute atomic E-state index is 0. The highest BCUT2D eigenvalue weighted by Gasteiger charge is 2.05. The fourth-order valence-corrected chi connectivity index (χ4v) is 3.12. The number of hydrogen-bond acceptors (Lipinski definition) is 3. The highest BCUT2D eigenvalue weighted by Crippen LogP contribution is 2.15. The molecule has 0 unspecified atom stereocenters. The first-order valence-corrected chi connectivity index (χ1v) is 8.43. The molecule has 1 aromatic heterocycles. The third kappa shape index (κ3) is 6.01. The molecule has 2 rings (SSSR count). The number of benzene rings is 1. The zero-order chi connectivity index (χ0) is 16.8. The Kier molecular flexibility index (Phi) is 8.61. The van der Waals surface area contributed by atoms with Crippen LogP contribution in [0.4, 0.5) is 4.39 Å². The van der Waals surface area contributed by atoms with Gasteiger partial charge in [-0.2, -0.15) is 0 Å². The first-order valence-electron chi connectivity index (χ1n) is 7.62. The van der Waals surface area contributed by atoms with E-state index in [1.807, 2.05) is 19.9 Å². The van der Waals surface area contributed by atoms with E-state index in [9.17, 15) is 4.39 Å². The maximum absolute atomic E-state index is 13.1. The molecule has 0 aliphatic heterocycles. The van der Waals surface area contributed by atoms with Crippen molar-refractivity contribution in [2.45, 2.75) is 33.7 Å². The van der Waals surface area contributed by atoms with E-state index in [0.29, 0.717) is 6.54 Å². The van der Waals surface area contributed by atoms with Gasteiger partial charge in [-0.3, -0.25) is 4.99 Å². The Hall–Kier alpha value is -1.22. The first kappa shape index (κ1) is 20.8. The summed E-state index contributed by atoms with van der Waals surface area (Å²) in [4.78, 5) is 9.96. The quantitative estimate of drug-likeness (QED) is 0.405. The second-order valence-corrected chi connectivity index (χ2v) is 6.71. The molecule has 0 atom stereocenters. The van der Waals surface area contributed by atoms with Crippen LogP contribution < -0.4 is 10.6 Å². The van der Waals surface area contributed by atoms with Gasteiger partial charge in [-0.25, -0.2) is 9.37 Å². The predicted octanol–water partition coefficient (Wildman–Crippen LogP) is 3.73. The van der Waals surface area contributed by atoms with Gasteiger partial charge in [0.15, 0.2) is 5.96 Å². The predicted molar refractivity (Wildman–Crippen MR) is 110 cm³/mol. The Morgan fingerprint density at radius 1 is 1.25 bits per heavy atom. The van der Waals surface area contributed by atoms with Crippen molar-refractivity contribution in [3.05, 3.63) is 50.7 Å². The van der Waals surface area contributed by atoms with Gasteiger partial charge in [0, 0.05) is 18.5 Å². The van der Waals surface area contributed by atoms with Crippen molar-refractivity contribution in [3.8, 4) is 0 Å². The zero-order valence-corrected chi connectivity index (χ0v) is 17.6. The van der Waals surface area contributed by atoms with E-state index >= 15 is 0 Å². The van der Waals surface area contributed by atoms with Crippen molar-refractivity contribution in [2.75, 3.05) is 13.6 Å². The van der Waals surface area contributed by atoms with E-state index in [4.69, 9.17) is 0 Å². The van der Waals surface area contributed by atoms with Gasteiger partial charge >= 0.3 is 0 Å². The van der Waals surface area contributed by atoms with Crippen LogP contribution in [-0.4, -0.2) is 24.5 Å². The van der Waals surface area contributed by atoms with Gasteiger partial charge in [0.1, 0.15) is 10.8 Å². The summed E-state index contributed by atoms with van der Waals surface area (Å²) < 4.78 is 13.1. The smallest absolute Gasteiger partial charge is 0.191 e. The number of aliphatic imine (C=N–C) groups is 1. The minimum Gasteiger partial charge on any atom is -0.356 e. The van der Waals surface area contributed by atoms with Gasteiger partial charge in [0.05, 0.1) is 12.2 Å². The minimum atomic E-state index is -0.189. The van der Waals surface area contributed by atoms with E-state index in [1.54, 1.807) is 24.5 Å². The zero-order valence-electron chi connectivity index (χ0n) is 14.4. The van der Waals surface area contributed by atoms with Crippen LogP contribution in [0.1, 0.15) is 26.7 Å². The van der Waals surface area contributed by atoms with Gasteiger partial charge < -0.3 is 10.6 Å². The summed E-state index contributed by atoms with van der Waals surface area (Å²) in [5.74, 6) is 0.556. The van der Waals surface area contributed by atoms with Gasteiger partial charge in [0.25, 0.3) is 0 Å². The van der Waals surface area contributed by atoms with Crippen LogP contribution in [0.25, 0.3) is 0 Å². The molecule has 0 saturated heterocycles. The lowest BCUT2D eigenvalue weighted by molar-refractivity contribution is 0.625. The number of nitrogens with zero attached hydrogens (tertiary/aromatic N) is 2. The van der Waals surface area contributed by atoms with Gasteiger partial charge in [-0.1, -0.05) is 6.07 Å². The molecule has 2 aromatic rings. The molecule has 0 saturated carbocycles. The lowest BCUT2D eigenvalue weighted by Crippen LogP contribution is -2.37. The second-order valence-electron chi connectivity index (χ2n) is 5.42. The van der Waals surface area contributed by atoms with Crippen LogP contribution in [0.2, 0.25) is 0 Å². The summed E-state index contributed by atoms with van der Waals surface area (Å²) >= 11 is 1.70. The van der Waals surface area contributed by atoms with Crippen LogP contribution in [0, 0.1) is 26.6 Å². The molecule has 1 heterocycles. The first-order chi connectivity index (χ1) is 11.0. The molecule has 0 aliphatic carbocycles. The fourth-order valence-electron chi connectivity index (χ4n) is 2.25. The molecule has 0 aliphatic rings. The maximum atomic E-state index is 13.1. The molecular formula is C17H24FIN4S. The Balaban J connectivity index is 0.00000288.